The number of carbonyl (C=O) groups excluding carboxylic acids is 1. The first kappa shape index (κ1) is 16.1. The van der Waals surface area contributed by atoms with E-state index in [4.69, 9.17) is 4.74 Å². The van der Waals surface area contributed by atoms with Gasteiger partial charge in [0.15, 0.2) is 0 Å². The van der Waals surface area contributed by atoms with Gasteiger partial charge in [0, 0.05) is 24.2 Å². The molecule has 116 valence electrons. The molecule has 1 aromatic rings. The van der Waals surface area contributed by atoms with E-state index in [9.17, 15) is 4.79 Å². The van der Waals surface area contributed by atoms with Crippen molar-refractivity contribution < 1.29 is 9.53 Å². The highest BCUT2D eigenvalue weighted by atomic mass is 35.5. The molecule has 5 heteroatoms. The molecule has 1 amide bonds. The van der Waals surface area contributed by atoms with Gasteiger partial charge in [-0.15, -0.1) is 12.4 Å². The van der Waals surface area contributed by atoms with Crippen molar-refractivity contribution in [3.63, 3.8) is 0 Å². The van der Waals surface area contributed by atoms with Gasteiger partial charge in [0.1, 0.15) is 5.75 Å². The normalized spacial score (nSPS) is 24.2. The first-order chi connectivity index (χ1) is 9.69. The molecule has 2 aliphatic rings. The van der Waals surface area contributed by atoms with Crippen LogP contribution >= 0.6 is 12.4 Å². The average Bonchev–Trinajstić information content (AvgIpc) is 2.89. The van der Waals surface area contributed by atoms with E-state index >= 15 is 0 Å². The molecule has 0 saturated carbocycles. The lowest BCUT2D eigenvalue weighted by molar-refractivity contribution is -0.123. The number of hydrogen-bond donors (Lipinski definition) is 1. The number of amides is 1. The second kappa shape index (κ2) is 6.67. The van der Waals surface area contributed by atoms with E-state index in [0.717, 1.165) is 43.8 Å². The van der Waals surface area contributed by atoms with Gasteiger partial charge in [-0.3, -0.25) is 4.79 Å². The summed E-state index contributed by atoms with van der Waals surface area (Å²) in [6.07, 6.45) is 2.82. The van der Waals surface area contributed by atoms with Crippen LogP contribution in [0.2, 0.25) is 0 Å². The number of hydrogen-bond acceptors (Lipinski definition) is 3. The van der Waals surface area contributed by atoms with Crippen molar-refractivity contribution in [3.8, 4) is 5.75 Å². The summed E-state index contributed by atoms with van der Waals surface area (Å²) in [5.74, 6) is 1.33. The number of nitrogens with one attached hydrogen (secondary N) is 1. The minimum absolute atomic E-state index is 0. The van der Waals surface area contributed by atoms with Gasteiger partial charge in [0.2, 0.25) is 5.91 Å². The summed E-state index contributed by atoms with van der Waals surface area (Å²) in [6, 6.07) is 6.45. The fourth-order valence-corrected chi connectivity index (χ4v) is 3.31. The Hall–Kier alpha value is -1.26. The predicted molar refractivity (Wildman–Crippen MR) is 86.5 cm³/mol. The zero-order chi connectivity index (χ0) is 14.1. The van der Waals surface area contributed by atoms with Gasteiger partial charge in [-0.05, 0) is 56.5 Å². The molecule has 3 rings (SSSR count). The number of halogens is 1. The lowest BCUT2D eigenvalue weighted by atomic mass is 9.92. The standard InChI is InChI=1S/C16H22N2O2.ClH/c1-11-9-13(5-7-17-11)16(19)18-8-6-12-10-14(20-2)3-4-15(12)18;/h3-4,10-11,13,17H,5-9H2,1-2H3;1H/t11-,13-;/m0./s1. The van der Waals surface area contributed by atoms with E-state index < -0.39 is 0 Å². The van der Waals surface area contributed by atoms with Crippen molar-refractivity contribution in [2.75, 3.05) is 25.1 Å². The van der Waals surface area contributed by atoms with Gasteiger partial charge in [-0.25, -0.2) is 0 Å². The second-order valence-corrected chi connectivity index (χ2v) is 5.81. The van der Waals surface area contributed by atoms with E-state index in [2.05, 4.69) is 12.2 Å². The Labute approximate surface area is 132 Å². The SMILES string of the molecule is COc1ccc2c(c1)CCN2C(=O)[C@H]1CCN[C@@H](C)C1.Cl. The maximum atomic E-state index is 12.7. The van der Waals surface area contributed by atoms with E-state index in [1.54, 1.807) is 7.11 Å². The third-order valence-electron chi connectivity index (χ3n) is 4.42. The topological polar surface area (TPSA) is 41.6 Å². The quantitative estimate of drug-likeness (QED) is 0.912. The summed E-state index contributed by atoms with van der Waals surface area (Å²) in [7, 11) is 1.68. The summed E-state index contributed by atoms with van der Waals surface area (Å²) in [4.78, 5) is 14.7. The van der Waals surface area contributed by atoms with Crippen molar-refractivity contribution in [2.45, 2.75) is 32.2 Å². The molecule has 2 heterocycles. The molecule has 0 aromatic heterocycles. The Kier molecular flexibility index (Phi) is 5.12. The van der Waals surface area contributed by atoms with E-state index in [1.807, 2.05) is 23.1 Å². The van der Waals surface area contributed by atoms with E-state index in [-0.39, 0.29) is 18.3 Å². The van der Waals surface area contributed by atoms with Gasteiger partial charge < -0.3 is 15.0 Å². The van der Waals surface area contributed by atoms with Gasteiger partial charge in [-0.2, -0.15) is 0 Å². The molecular weight excluding hydrogens is 288 g/mol. The average molecular weight is 311 g/mol. The van der Waals surface area contributed by atoms with Crippen LogP contribution in [0.25, 0.3) is 0 Å². The van der Waals surface area contributed by atoms with Crippen LogP contribution in [0.15, 0.2) is 18.2 Å². The molecule has 2 aliphatic heterocycles. The maximum Gasteiger partial charge on any atom is 0.230 e. The van der Waals surface area contributed by atoms with Crippen LogP contribution in [0.1, 0.15) is 25.3 Å². The first-order valence-corrected chi connectivity index (χ1v) is 7.40. The fraction of sp³-hybridized carbons (Fsp3) is 0.562. The number of piperidine rings is 1. The van der Waals surface area contributed by atoms with E-state index in [0.29, 0.717) is 11.9 Å². The van der Waals surface area contributed by atoms with Gasteiger partial charge in [0.05, 0.1) is 7.11 Å². The molecule has 0 spiro atoms. The number of nitrogens with zero attached hydrogens (tertiary/aromatic N) is 1. The number of fused-ring (bicyclic) bond motifs is 1. The zero-order valence-corrected chi connectivity index (χ0v) is 13.4. The number of carbonyl (C=O) groups is 1. The van der Waals surface area contributed by atoms with Crippen LogP contribution in [-0.2, 0) is 11.2 Å². The summed E-state index contributed by atoms with van der Waals surface area (Å²) in [5, 5.41) is 3.40. The van der Waals surface area contributed by atoms with Crippen LogP contribution < -0.4 is 15.0 Å². The van der Waals surface area contributed by atoms with Crippen molar-refractivity contribution in [2.24, 2.45) is 5.92 Å². The zero-order valence-electron chi connectivity index (χ0n) is 12.6. The largest absolute Gasteiger partial charge is 0.497 e. The molecule has 0 bridgehead atoms. The summed E-state index contributed by atoms with van der Waals surface area (Å²) >= 11 is 0. The van der Waals surface area contributed by atoms with Crippen LogP contribution in [0, 0.1) is 5.92 Å². The Balaban J connectivity index is 0.00000161. The van der Waals surface area contributed by atoms with Gasteiger partial charge in [0.25, 0.3) is 0 Å². The molecule has 0 aliphatic carbocycles. The molecule has 1 N–H and O–H groups in total. The number of methoxy groups -OCH3 is 1. The van der Waals surface area contributed by atoms with Crippen LogP contribution in [-0.4, -0.2) is 32.1 Å². The molecule has 0 unspecified atom stereocenters. The molecule has 1 fully saturated rings. The predicted octanol–water partition coefficient (Wildman–Crippen LogP) is 2.39. The Morgan fingerprint density at radius 3 is 2.95 bits per heavy atom. The second-order valence-electron chi connectivity index (χ2n) is 5.81. The summed E-state index contributed by atoms with van der Waals surface area (Å²) in [5.41, 5.74) is 2.29. The van der Waals surface area contributed by atoms with Gasteiger partial charge >= 0.3 is 0 Å². The lowest BCUT2D eigenvalue weighted by Crippen LogP contribution is -2.43. The molecule has 0 radical (unpaired) electrons. The van der Waals surface area contributed by atoms with Crippen molar-refractivity contribution in [3.05, 3.63) is 23.8 Å². The molecule has 1 aromatic carbocycles. The minimum atomic E-state index is 0. The molecule has 1 saturated heterocycles. The van der Waals surface area contributed by atoms with Crippen molar-refractivity contribution >= 4 is 24.0 Å². The van der Waals surface area contributed by atoms with Crippen molar-refractivity contribution in [1.82, 2.24) is 5.32 Å². The monoisotopic (exact) mass is 310 g/mol. The maximum absolute atomic E-state index is 12.7. The van der Waals surface area contributed by atoms with Gasteiger partial charge in [-0.1, -0.05) is 0 Å². The minimum Gasteiger partial charge on any atom is -0.497 e. The summed E-state index contributed by atoms with van der Waals surface area (Å²) < 4.78 is 5.25. The number of rotatable bonds is 2. The fourth-order valence-electron chi connectivity index (χ4n) is 3.31. The number of ether oxygens (including phenoxy) is 1. The molecule has 2 atom stereocenters. The number of anilines is 1. The lowest BCUT2D eigenvalue weighted by Gasteiger charge is -2.30. The third-order valence-corrected chi connectivity index (χ3v) is 4.42. The highest BCUT2D eigenvalue weighted by molar-refractivity contribution is 5.97. The Morgan fingerprint density at radius 2 is 2.24 bits per heavy atom. The van der Waals surface area contributed by atoms with Crippen molar-refractivity contribution in [1.29, 1.82) is 0 Å². The number of benzene rings is 1. The molecule has 21 heavy (non-hydrogen) atoms. The first-order valence-electron chi connectivity index (χ1n) is 7.40. The molecular formula is C16H23ClN2O2. The highest BCUT2D eigenvalue weighted by Gasteiger charge is 2.32. The molecule has 4 nitrogen and oxygen atoms in total. The van der Waals surface area contributed by atoms with Crippen LogP contribution in [0.5, 0.6) is 5.75 Å². The highest BCUT2D eigenvalue weighted by Crippen LogP contribution is 2.33. The Morgan fingerprint density at radius 1 is 1.43 bits per heavy atom. The van der Waals surface area contributed by atoms with Crippen LogP contribution in [0.4, 0.5) is 5.69 Å². The van der Waals surface area contributed by atoms with Crippen LogP contribution in [0.3, 0.4) is 0 Å². The summed E-state index contributed by atoms with van der Waals surface area (Å²) in [6.45, 7) is 3.91. The third kappa shape index (κ3) is 3.16. The smallest absolute Gasteiger partial charge is 0.230 e. The Bertz CT molecular complexity index is 521. The van der Waals surface area contributed by atoms with E-state index in [1.165, 1.54) is 5.56 Å².